The average molecular weight is 330 g/mol. The number of carbonyl (C=O) groups excluding carboxylic acids is 2. The van der Waals surface area contributed by atoms with Crippen molar-refractivity contribution in [1.82, 2.24) is 0 Å². The third kappa shape index (κ3) is 4.86. The van der Waals surface area contributed by atoms with Crippen molar-refractivity contribution in [3.8, 4) is 0 Å². The molecule has 4 nitrogen and oxygen atoms in total. The molecule has 0 bridgehead atoms. The Bertz CT molecular complexity index is 637. The Morgan fingerprint density at radius 3 is 1.65 bits per heavy atom. The Labute approximate surface area is 139 Å². The maximum Gasteiger partial charge on any atom is 0.337 e. The van der Waals surface area contributed by atoms with Gasteiger partial charge in [0.15, 0.2) is 0 Å². The number of benzene rings is 2. The van der Waals surface area contributed by atoms with Crippen LogP contribution in [0.2, 0.25) is 0 Å². The predicted octanol–water partition coefficient (Wildman–Crippen LogP) is 3.69. The topological polar surface area (TPSA) is 52.6 Å². The highest BCUT2D eigenvalue weighted by atomic mass is 32.2. The van der Waals surface area contributed by atoms with Crippen molar-refractivity contribution in [1.29, 1.82) is 0 Å². The number of carbonyl (C=O) groups is 2. The zero-order valence-corrected chi connectivity index (χ0v) is 13.9. The van der Waals surface area contributed by atoms with Gasteiger partial charge in [-0.2, -0.15) is 11.8 Å². The van der Waals surface area contributed by atoms with E-state index in [2.05, 4.69) is 0 Å². The molecule has 120 valence electrons. The lowest BCUT2D eigenvalue weighted by molar-refractivity contribution is 0.0592. The van der Waals surface area contributed by atoms with E-state index in [1.54, 1.807) is 23.9 Å². The molecule has 0 N–H and O–H groups in total. The lowest BCUT2D eigenvalue weighted by Gasteiger charge is -2.06. The summed E-state index contributed by atoms with van der Waals surface area (Å²) in [5, 5.41) is 0. The van der Waals surface area contributed by atoms with Crippen LogP contribution in [-0.4, -0.2) is 26.2 Å². The predicted molar refractivity (Wildman–Crippen MR) is 90.6 cm³/mol. The normalized spacial score (nSPS) is 10.2. The average Bonchev–Trinajstić information content (AvgIpc) is 2.61. The fourth-order valence-electron chi connectivity index (χ4n) is 2.10. The quantitative estimate of drug-likeness (QED) is 0.756. The van der Waals surface area contributed by atoms with Crippen LogP contribution in [-0.2, 0) is 21.0 Å². The van der Waals surface area contributed by atoms with Gasteiger partial charge in [0.1, 0.15) is 0 Å². The summed E-state index contributed by atoms with van der Waals surface area (Å²) in [6.07, 6.45) is 0. The summed E-state index contributed by atoms with van der Waals surface area (Å²) in [6.45, 7) is 0. The van der Waals surface area contributed by atoms with Crippen molar-refractivity contribution in [2.24, 2.45) is 0 Å². The Hall–Kier alpha value is -2.27. The van der Waals surface area contributed by atoms with Crippen molar-refractivity contribution >= 4 is 23.7 Å². The Morgan fingerprint density at radius 2 is 1.26 bits per heavy atom. The second kappa shape index (κ2) is 8.39. The van der Waals surface area contributed by atoms with Crippen LogP contribution in [0.3, 0.4) is 0 Å². The summed E-state index contributed by atoms with van der Waals surface area (Å²) >= 11 is 1.71. The number of rotatable bonds is 6. The van der Waals surface area contributed by atoms with Crippen LogP contribution in [0.25, 0.3) is 0 Å². The molecule has 0 saturated carbocycles. The molecular weight excluding hydrogens is 312 g/mol. The highest BCUT2D eigenvalue weighted by Crippen LogP contribution is 2.20. The van der Waals surface area contributed by atoms with E-state index < -0.39 is 0 Å². The number of hydrogen-bond acceptors (Lipinski definition) is 5. The van der Waals surface area contributed by atoms with E-state index in [4.69, 9.17) is 9.47 Å². The number of methoxy groups -OCH3 is 2. The van der Waals surface area contributed by atoms with Crippen LogP contribution in [0, 0.1) is 0 Å². The summed E-state index contributed by atoms with van der Waals surface area (Å²) in [5.74, 6) is 0.880. The Kier molecular flexibility index (Phi) is 6.23. The molecule has 2 aromatic rings. The second-order valence-corrected chi connectivity index (χ2v) is 5.86. The van der Waals surface area contributed by atoms with Crippen LogP contribution in [0.4, 0.5) is 0 Å². The third-order valence-electron chi connectivity index (χ3n) is 3.23. The van der Waals surface area contributed by atoms with Crippen molar-refractivity contribution < 1.29 is 19.1 Å². The first kappa shape index (κ1) is 17.1. The van der Waals surface area contributed by atoms with E-state index in [1.807, 2.05) is 36.4 Å². The fourth-order valence-corrected chi connectivity index (χ4v) is 3.03. The molecule has 0 fully saturated rings. The second-order valence-electron chi connectivity index (χ2n) is 4.88. The summed E-state index contributed by atoms with van der Waals surface area (Å²) in [5.41, 5.74) is 3.22. The van der Waals surface area contributed by atoms with Gasteiger partial charge in [0.2, 0.25) is 0 Å². The molecule has 0 unspecified atom stereocenters. The molecule has 0 aliphatic carbocycles. The lowest BCUT2D eigenvalue weighted by Crippen LogP contribution is -2.01. The highest BCUT2D eigenvalue weighted by molar-refractivity contribution is 7.97. The lowest BCUT2D eigenvalue weighted by atomic mass is 10.1. The van der Waals surface area contributed by atoms with Gasteiger partial charge < -0.3 is 9.47 Å². The minimum Gasteiger partial charge on any atom is -0.465 e. The first-order valence-electron chi connectivity index (χ1n) is 7.06. The summed E-state index contributed by atoms with van der Waals surface area (Å²) in [7, 11) is 2.75. The molecular formula is C18H18O4S. The number of ether oxygens (including phenoxy) is 2. The standard InChI is InChI=1S/C18H18O4S/c1-21-17(19)15-7-3-5-13(9-15)11-23-12-14-6-4-8-16(10-14)18(20)22-2/h3-10H,11-12H2,1-2H3. The van der Waals surface area contributed by atoms with Crippen molar-refractivity contribution in [2.75, 3.05) is 14.2 Å². The van der Waals surface area contributed by atoms with Gasteiger partial charge in [-0.05, 0) is 35.4 Å². The zero-order valence-electron chi connectivity index (χ0n) is 13.1. The first-order chi connectivity index (χ1) is 11.1. The van der Waals surface area contributed by atoms with Gasteiger partial charge in [0.25, 0.3) is 0 Å². The number of thioether (sulfide) groups is 1. The molecule has 0 saturated heterocycles. The van der Waals surface area contributed by atoms with Gasteiger partial charge in [-0.3, -0.25) is 0 Å². The molecule has 0 atom stereocenters. The highest BCUT2D eigenvalue weighted by Gasteiger charge is 2.07. The van der Waals surface area contributed by atoms with Gasteiger partial charge in [-0.15, -0.1) is 0 Å². The summed E-state index contributed by atoms with van der Waals surface area (Å²) < 4.78 is 9.44. The zero-order chi connectivity index (χ0) is 16.7. The Balaban J connectivity index is 1.95. The molecule has 5 heteroatoms. The van der Waals surface area contributed by atoms with Gasteiger partial charge in [0.05, 0.1) is 25.3 Å². The number of esters is 2. The molecule has 0 aliphatic rings. The van der Waals surface area contributed by atoms with Crippen LogP contribution in [0.5, 0.6) is 0 Å². The molecule has 2 rings (SSSR count). The fraction of sp³-hybridized carbons (Fsp3) is 0.222. The molecule has 0 heterocycles. The van der Waals surface area contributed by atoms with Gasteiger partial charge in [0, 0.05) is 11.5 Å². The summed E-state index contributed by atoms with van der Waals surface area (Å²) in [6, 6.07) is 14.8. The maximum atomic E-state index is 11.5. The molecule has 0 spiro atoms. The van der Waals surface area contributed by atoms with Crippen molar-refractivity contribution in [2.45, 2.75) is 11.5 Å². The van der Waals surface area contributed by atoms with Crippen LogP contribution >= 0.6 is 11.8 Å². The molecule has 0 radical (unpaired) electrons. The minimum atomic E-state index is -0.331. The molecule has 23 heavy (non-hydrogen) atoms. The van der Waals surface area contributed by atoms with Gasteiger partial charge in [-0.25, -0.2) is 9.59 Å². The van der Waals surface area contributed by atoms with E-state index in [0.717, 1.165) is 22.6 Å². The molecule has 0 aromatic heterocycles. The minimum absolute atomic E-state index is 0.331. The van der Waals surface area contributed by atoms with E-state index in [1.165, 1.54) is 14.2 Å². The van der Waals surface area contributed by atoms with E-state index in [9.17, 15) is 9.59 Å². The SMILES string of the molecule is COC(=O)c1cccc(CSCc2cccc(C(=O)OC)c2)c1. The van der Waals surface area contributed by atoms with Crippen LogP contribution in [0.15, 0.2) is 48.5 Å². The molecule has 2 aromatic carbocycles. The third-order valence-corrected chi connectivity index (χ3v) is 4.31. The van der Waals surface area contributed by atoms with Gasteiger partial charge in [-0.1, -0.05) is 24.3 Å². The molecule has 0 aliphatic heterocycles. The van der Waals surface area contributed by atoms with Crippen molar-refractivity contribution in [3.05, 3.63) is 70.8 Å². The smallest absolute Gasteiger partial charge is 0.337 e. The Morgan fingerprint density at radius 1 is 0.826 bits per heavy atom. The van der Waals surface area contributed by atoms with Gasteiger partial charge >= 0.3 is 11.9 Å². The first-order valence-corrected chi connectivity index (χ1v) is 8.21. The molecule has 0 amide bonds. The monoisotopic (exact) mass is 330 g/mol. The van der Waals surface area contributed by atoms with Crippen LogP contribution < -0.4 is 0 Å². The van der Waals surface area contributed by atoms with Crippen molar-refractivity contribution in [3.63, 3.8) is 0 Å². The van der Waals surface area contributed by atoms with E-state index in [0.29, 0.717) is 11.1 Å². The van der Waals surface area contributed by atoms with Crippen LogP contribution in [0.1, 0.15) is 31.8 Å². The summed E-state index contributed by atoms with van der Waals surface area (Å²) in [4.78, 5) is 23.0. The van der Waals surface area contributed by atoms with E-state index >= 15 is 0 Å². The number of hydrogen-bond donors (Lipinski definition) is 0. The van der Waals surface area contributed by atoms with E-state index in [-0.39, 0.29) is 11.9 Å². The largest absolute Gasteiger partial charge is 0.465 e. The maximum absolute atomic E-state index is 11.5.